The topological polar surface area (TPSA) is 40.5 Å². The fraction of sp³-hybridized carbons (Fsp3) is 0.231. The normalized spacial score (nSPS) is 15.5. The van der Waals surface area contributed by atoms with Crippen LogP contribution >= 0.6 is 11.3 Å². The molecular formula is C13H13BO2S. The molecule has 0 saturated carbocycles. The van der Waals surface area contributed by atoms with Crippen LogP contribution in [0.3, 0.4) is 0 Å². The van der Waals surface area contributed by atoms with Gasteiger partial charge in [-0.1, -0.05) is 38.1 Å². The van der Waals surface area contributed by atoms with Gasteiger partial charge in [-0.3, -0.25) is 0 Å². The first-order chi connectivity index (χ1) is 8.01. The van der Waals surface area contributed by atoms with Crippen LogP contribution in [0, 0.1) is 0 Å². The van der Waals surface area contributed by atoms with Gasteiger partial charge in [0.1, 0.15) is 0 Å². The zero-order valence-electron chi connectivity index (χ0n) is 9.77. The molecule has 1 heterocycles. The van der Waals surface area contributed by atoms with Gasteiger partial charge in [-0.15, -0.1) is 11.3 Å². The lowest BCUT2D eigenvalue weighted by Gasteiger charge is -2.19. The molecule has 0 amide bonds. The molecule has 3 rings (SSSR count). The molecule has 0 atom stereocenters. The molecule has 0 bridgehead atoms. The molecule has 0 aliphatic heterocycles. The average molecular weight is 244 g/mol. The quantitative estimate of drug-likeness (QED) is 0.750. The maximum Gasteiger partial charge on any atom is 0.499 e. The summed E-state index contributed by atoms with van der Waals surface area (Å²) in [5.74, 6) is 0. The van der Waals surface area contributed by atoms with Crippen LogP contribution in [0.1, 0.15) is 24.3 Å². The van der Waals surface area contributed by atoms with E-state index in [4.69, 9.17) is 0 Å². The highest BCUT2D eigenvalue weighted by atomic mass is 32.1. The Labute approximate surface area is 105 Å². The number of thiophene rings is 1. The lowest BCUT2D eigenvalue weighted by atomic mass is 9.87. The van der Waals surface area contributed by atoms with E-state index in [0.717, 1.165) is 5.56 Å². The van der Waals surface area contributed by atoms with Crippen molar-refractivity contribution in [3.63, 3.8) is 0 Å². The van der Waals surface area contributed by atoms with Crippen LogP contribution in [0.25, 0.3) is 11.1 Å². The summed E-state index contributed by atoms with van der Waals surface area (Å²) in [6.07, 6.45) is 0. The Bertz CT molecular complexity index is 587. The van der Waals surface area contributed by atoms with Gasteiger partial charge in [-0.25, -0.2) is 0 Å². The summed E-state index contributed by atoms with van der Waals surface area (Å²) in [4.78, 5) is 1.22. The predicted octanol–water partition coefficient (Wildman–Crippen LogP) is 1.73. The second-order valence-corrected chi connectivity index (χ2v) is 6.02. The summed E-state index contributed by atoms with van der Waals surface area (Å²) in [7, 11) is -1.37. The second-order valence-electron chi connectivity index (χ2n) is 4.94. The van der Waals surface area contributed by atoms with E-state index in [-0.39, 0.29) is 5.41 Å². The SMILES string of the molecule is CC1(C)c2ccccc2-c2cc(B(O)O)sc21. The number of hydrogen-bond acceptors (Lipinski definition) is 3. The van der Waals surface area contributed by atoms with Crippen LogP contribution in [0.4, 0.5) is 0 Å². The molecule has 0 spiro atoms. The van der Waals surface area contributed by atoms with Gasteiger partial charge in [0.2, 0.25) is 0 Å². The molecule has 1 aliphatic rings. The molecular weight excluding hydrogens is 231 g/mol. The molecule has 2 aromatic rings. The van der Waals surface area contributed by atoms with Crippen molar-refractivity contribution < 1.29 is 10.0 Å². The predicted molar refractivity (Wildman–Crippen MR) is 71.7 cm³/mol. The number of rotatable bonds is 1. The Morgan fingerprint density at radius 3 is 2.53 bits per heavy atom. The maximum atomic E-state index is 9.27. The lowest BCUT2D eigenvalue weighted by molar-refractivity contribution is 0.427. The van der Waals surface area contributed by atoms with Crippen molar-refractivity contribution in [3.05, 3.63) is 40.8 Å². The van der Waals surface area contributed by atoms with Crippen LogP contribution in [-0.2, 0) is 5.41 Å². The summed E-state index contributed by atoms with van der Waals surface area (Å²) in [6.45, 7) is 4.36. The highest BCUT2D eigenvalue weighted by molar-refractivity contribution is 7.22. The van der Waals surface area contributed by atoms with E-state index in [9.17, 15) is 10.0 Å². The Kier molecular flexibility index (Phi) is 2.24. The largest absolute Gasteiger partial charge is 0.499 e. The van der Waals surface area contributed by atoms with E-state index in [1.165, 1.54) is 27.3 Å². The minimum Gasteiger partial charge on any atom is -0.423 e. The van der Waals surface area contributed by atoms with Gasteiger partial charge in [-0.05, 0) is 22.8 Å². The summed E-state index contributed by atoms with van der Waals surface area (Å²) in [6, 6.07) is 10.2. The van der Waals surface area contributed by atoms with E-state index >= 15 is 0 Å². The number of benzene rings is 1. The van der Waals surface area contributed by atoms with Crippen LogP contribution in [0.2, 0.25) is 0 Å². The lowest BCUT2D eigenvalue weighted by Crippen LogP contribution is -2.27. The highest BCUT2D eigenvalue weighted by Crippen LogP contribution is 2.50. The molecule has 0 radical (unpaired) electrons. The van der Waals surface area contributed by atoms with Crippen molar-refractivity contribution in [3.8, 4) is 11.1 Å². The molecule has 1 aromatic heterocycles. The summed E-state index contributed by atoms with van der Waals surface area (Å²) < 4.78 is 0.623. The van der Waals surface area contributed by atoms with E-state index in [1.807, 2.05) is 12.1 Å². The van der Waals surface area contributed by atoms with Crippen molar-refractivity contribution >= 4 is 23.2 Å². The van der Waals surface area contributed by atoms with Crippen molar-refractivity contribution in [1.82, 2.24) is 0 Å². The van der Waals surface area contributed by atoms with Gasteiger partial charge in [-0.2, -0.15) is 0 Å². The molecule has 0 unspecified atom stereocenters. The van der Waals surface area contributed by atoms with Gasteiger partial charge in [0.15, 0.2) is 0 Å². The molecule has 2 N–H and O–H groups in total. The van der Waals surface area contributed by atoms with Crippen molar-refractivity contribution in [2.75, 3.05) is 0 Å². The van der Waals surface area contributed by atoms with E-state index in [2.05, 4.69) is 32.0 Å². The minimum atomic E-state index is -1.37. The van der Waals surface area contributed by atoms with Gasteiger partial charge in [0.05, 0.1) is 0 Å². The Morgan fingerprint density at radius 2 is 1.82 bits per heavy atom. The fourth-order valence-electron chi connectivity index (χ4n) is 2.59. The van der Waals surface area contributed by atoms with Crippen molar-refractivity contribution in [2.24, 2.45) is 0 Å². The molecule has 0 fully saturated rings. The smallest absolute Gasteiger partial charge is 0.423 e. The molecule has 4 heteroatoms. The Hall–Kier alpha value is -1.10. The summed E-state index contributed by atoms with van der Waals surface area (Å²) >= 11 is 1.49. The second kappa shape index (κ2) is 3.45. The standard InChI is InChI=1S/C13H13BO2S/c1-13(2)10-6-4-3-5-8(10)9-7-11(14(15)16)17-12(9)13/h3-7,15-16H,1-2H3. The van der Waals surface area contributed by atoms with Gasteiger partial charge in [0, 0.05) is 15.1 Å². The highest BCUT2D eigenvalue weighted by Gasteiger charge is 2.38. The Morgan fingerprint density at radius 1 is 1.12 bits per heavy atom. The minimum absolute atomic E-state index is 0.0380. The van der Waals surface area contributed by atoms with Crippen LogP contribution in [-0.4, -0.2) is 17.2 Å². The molecule has 1 aliphatic carbocycles. The molecule has 86 valence electrons. The molecule has 2 nitrogen and oxygen atoms in total. The van der Waals surface area contributed by atoms with Crippen LogP contribution in [0.5, 0.6) is 0 Å². The van der Waals surface area contributed by atoms with Crippen LogP contribution in [0.15, 0.2) is 30.3 Å². The molecule has 1 aromatic carbocycles. The van der Waals surface area contributed by atoms with Crippen LogP contribution < -0.4 is 4.78 Å². The number of fused-ring (bicyclic) bond motifs is 3. The zero-order valence-corrected chi connectivity index (χ0v) is 10.6. The van der Waals surface area contributed by atoms with Crippen molar-refractivity contribution in [2.45, 2.75) is 19.3 Å². The Balaban J connectivity index is 2.28. The average Bonchev–Trinajstić information content (AvgIpc) is 2.80. The number of hydrogen-bond donors (Lipinski definition) is 2. The van der Waals surface area contributed by atoms with E-state index < -0.39 is 7.12 Å². The monoisotopic (exact) mass is 244 g/mol. The maximum absolute atomic E-state index is 9.27. The third-order valence-corrected chi connectivity index (χ3v) is 4.96. The van der Waals surface area contributed by atoms with Gasteiger partial charge < -0.3 is 10.0 Å². The summed E-state index contributed by atoms with van der Waals surface area (Å²) in [5.41, 5.74) is 3.65. The molecule has 17 heavy (non-hydrogen) atoms. The van der Waals surface area contributed by atoms with E-state index in [1.54, 1.807) is 0 Å². The third kappa shape index (κ3) is 1.41. The first-order valence-electron chi connectivity index (χ1n) is 5.62. The van der Waals surface area contributed by atoms with E-state index in [0.29, 0.717) is 4.78 Å². The van der Waals surface area contributed by atoms with Gasteiger partial charge in [0.25, 0.3) is 0 Å². The fourth-order valence-corrected chi connectivity index (χ4v) is 3.75. The summed E-state index contributed by atoms with van der Waals surface area (Å²) in [5, 5.41) is 18.5. The van der Waals surface area contributed by atoms with Gasteiger partial charge >= 0.3 is 7.12 Å². The molecule has 0 saturated heterocycles. The third-order valence-electron chi connectivity index (χ3n) is 3.46. The first-order valence-corrected chi connectivity index (χ1v) is 6.43. The first kappa shape index (κ1) is 11.0. The zero-order chi connectivity index (χ0) is 12.2. The van der Waals surface area contributed by atoms with Crippen molar-refractivity contribution in [1.29, 1.82) is 0 Å².